The third-order valence-corrected chi connectivity index (χ3v) is 4.05. The van der Waals surface area contributed by atoms with E-state index in [0.717, 1.165) is 11.5 Å². The van der Waals surface area contributed by atoms with Crippen LogP contribution in [0.2, 0.25) is 0 Å². The summed E-state index contributed by atoms with van der Waals surface area (Å²) in [6.07, 6.45) is 7.53. The first-order valence-electron chi connectivity index (χ1n) is 6.32. The number of rotatable bonds is 1. The van der Waals surface area contributed by atoms with Gasteiger partial charge in [0.2, 0.25) is 0 Å². The van der Waals surface area contributed by atoms with Gasteiger partial charge in [0.05, 0.1) is 0 Å². The van der Waals surface area contributed by atoms with Crippen molar-refractivity contribution in [1.82, 2.24) is 0 Å². The minimum atomic E-state index is 0.353. The van der Waals surface area contributed by atoms with Gasteiger partial charge in [-0.3, -0.25) is 0 Å². The van der Waals surface area contributed by atoms with Gasteiger partial charge < -0.3 is 4.74 Å². The molecule has 1 heterocycles. The highest BCUT2D eigenvalue weighted by Crippen LogP contribution is 2.39. The Bertz CT molecular complexity index is 449. The van der Waals surface area contributed by atoms with E-state index in [1.807, 2.05) is 6.07 Å². The van der Waals surface area contributed by atoms with E-state index in [0.29, 0.717) is 12.0 Å². The van der Waals surface area contributed by atoms with E-state index >= 15 is 0 Å². The third-order valence-electron chi connectivity index (χ3n) is 3.72. The fourth-order valence-electron chi connectivity index (χ4n) is 2.85. The Kier molecular flexibility index (Phi) is 2.98. The number of hydrogen-bond acceptors (Lipinski definition) is 2. The van der Waals surface area contributed by atoms with E-state index in [9.17, 15) is 0 Å². The topological polar surface area (TPSA) is 9.23 Å². The molecule has 0 unspecified atom stereocenters. The van der Waals surface area contributed by atoms with Crippen LogP contribution in [0.4, 0.5) is 0 Å². The summed E-state index contributed by atoms with van der Waals surface area (Å²) in [5.41, 5.74) is 2.47. The van der Waals surface area contributed by atoms with E-state index in [4.69, 9.17) is 17.0 Å². The van der Waals surface area contributed by atoms with Crippen molar-refractivity contribution in [1.29, 1.82) is 0 Å². The number of thiocarbonyl (C=S) groups is 1. The largest absolute Gasteiger partial charge is 0.479 e. The SMILES string of the molecule is S=C1O[C@@H]2CCCC[C@H]2/C1=C/c1ccccc1. The molecule has 2 atom stereocenters. The van der Waals surface area contributed by atoms with Crippen LogP contribution in [0.25, 0.3) is 6.08 Å². The second-order valence-electron chi connectivity index (χ2n) is 4.85. The van der Waals surface area contributed by atoms with Crippen molar-refractivity contribution in [2.45, 2.75) is 31.8 Å². The Labute approximate surface area is 107 Å². The van der Waals surface area contributed by atoms with Crippen LogP contribution in [0.1, 0.15) is 31.2 Å². The Balaban J connectivity index is 1.91. The Morgan fingerprint density at radius 2 is 1.88 bits per heavy atom. The maximum Gasteiger partial charge on any atom is 0.187 e. The fourth-order valence-corrected chi connectivity index (χ4v) is 3.18. The lowest BCUT2D eigenvalue weighted by Gasteiger charge is -2.23. The average molecular weight is 244 g/mol. The van der Waals surface area contributed by atoms with Crippen LogP contribution in [-0.2, 0) is 4.74 Å². The molecular formula is C15H16OS. The summed E-state index contributed by atoms with van der Waals surface area (Å²) in [6.45, 7) is 0. The van der Waals surface area contributed by atoms with Gasteiger partial charge in [-0.25, -0.2) is 0 Å². The number of benzene rings is 1. The molecule has 2 heteroatoms. The number of fused-ring (bicyclic) bond motifs is 1. The van der Waals surface area contributed by atoms with E-state index in [1.165, 1.54) is 30.4 Å². The quantitative estimate of drug-likeness (QED) is 0.546. The first-order valence-corrected chi connectivity index (χ1v) is 6.73. The maximum absolute atomic E-state index is 5.81. The van der Waals surface area contributed by atoms with Crippen LogP contribution in [0.5, 0.6) is 0 Å². The second-order valence-corrected chi connectivity index (χ2v) is 5.22. The van der Waals surface area contributed by atoms with E-state index in [-0.39, 0.29) is 0 Å². The lowest BCUT2D eigenvalue weighted by molar-refractivity contribution is 0.139. The molecule has 1 nitrogen and oxygen atoms in total. The summed E-state index contributed by atoms with van der Waals surface area (Å²) >= 11 is 5.36. The molecule has 0 N–H and O–H groups in total. The number of hydrogen-bond donors (Lipinski definition) is 0. The molecule has 3 rings (SSSR count). The highest BCUT2D eigenvalue weighted by molar-refractivity contribution is 7.80. The molecule has 0 radical (unpaired) electrons. The molecule has 2 aliphatic rings. The van der Waals surface area contributed by atoms with Gasteiger partial charge in [0.1, 0.15) is 6.10 Å². The molecule has 0 bridgehead atoms. The minimum absolute atomic E-state index is 0.353. The highest BCUT2D eigenvalue weighted by Gasteiger charge is 2.38. The van der Waals surface area contributed by atoms with Crippen molar-refractivity contribution in [3.63, 3.8) is 0 Å². The van der Waals surface area contributed by atoms with Crippen LogP contribution in [0, 0.1) is 5.92 Å². The lowest BCUT2D eigenvalue weighted by Crippen LogP contribution is -2.20. The lowest BCUT2D eigenvalue weighted by atomic mass is 9.83. The molecule has 88 valence electrons. The Morgan fingerprint density at radius 1 is 1.12 bits per heavy atom. The maximum atomic E-state index is 5.81. The molecule has 1 aliphatic carbocycles. The van der Waals surface area contributed by atoms with Gasteiger partial charge in [-0.1, -0.05) is 36.8 Å². The van der Waals surface area contributed by atoms with Gasteiger partial charge in [-0.2, -0.15) is 0 Å². The predicted molar refractivity (Wildman–Crippen MR) is 73.8 cm³/mol. The van der Waals surface area contributed by atoms with Gasteiger partial charge >= 0.3 is 0 Å². The minimum Gasteiger partial charge on any atom is -0.479 e. The molecule has 1 aliphatic heterocycles. The van der Waals surface area contributed by atoms with Crippen LogP contribution >= 0.6 is 12.2 Å². The molecule has 1 aromatic rings. The third kappa shape index (κ3) is 2.14. The highest BCUT2D eigenvalue weighted by atomic mass is 32.1. The van der Waals surface area contributed by atoms with Crippen LogP contribution in [-0.4, -0.2) is 11.2 Å². The normalized spacial score (nSPS) is 30.1. The smallest absolute Gasteiger partial charge is 0.187 e. The first kappa shape index (κ1) is 11.0. The zero-order valence-electron chi connectivity index (χ0n) is 9.76. The zero-order valence-corrected chi connectivity index (χ0v) is 10.6. The monoisotopic (exact) mass is 244 g/mol. The molecular weight excluding hydrogens is 228 g/mol. The molecule has 0 amide bonds. The van der Waals surface area contributed by atoms with E-state index in [2.05, 4.69) is 30.3 Å². The molecule has 1 aromatic carbocycles. The summed E-state index contributed by atoms with van der Waals surface area (Å²) in [7, 11) is 0. The molecule has 1 saturated carbocycles. The number of ether oxygens (including phenoxy) is 1. The van der Waals surface area contributed by atoms with Crippen molar-refractivity contribution in [3.05, 3.63) is 41.5 Å². The Hall–Kier alpha value is -1.15. The summed E-state index contributed by atoms with van der Waals surface area (Å²) in [5, 5.41) is 0.728. The Morgan fingerprint density at radius 3 is 2.71 bits per heavy atom. The average Bonchev–Trinajstić information content (AvgIpc) is 2.68. The first-order chi connectivity index (χ1) is 8.34. The van der Waals surface area contributed by atoms with Crippen LogP contribution in [0.15, 0.2) is 35.9 Å². The van der Waals surface area contributed by atoms with Gasteiger partial charge in [-0.05, 0) is 43.1 Å². The fraction of sp³-hybridized carbons (Fsp3) is 0.400. The van der Waals surface area contributed by atoms with Crippen molar-refractivity contribution in [3.8, 4) is 0 Å². The van der Waals surface area contributed by atoms with Crippen molar-refractivity contribution in [2.24, 2.45) is 5.92 Å². The van der Waals surface area contributed by atoms with Gasteiger partial charge in [0, 0.05) is 11.5 Å². The van der Waals surface area contributed by atoms with Crippen molar-refractivity contribution < 1.29 is 4.74 Å². The van der Waals surface area contributed by atoms with Crippen molar-refractivity contribution >= 4 is 23.3 Å². The van der Waals surface area contributed by atoms with Crippen molar-refractivity contribution in [2.75, 3.05) is 0 Å². The van der Waals surface area contributed by atoms with Gasteiger partial charge in [0.25, 0.3) is 0 Å². The van der Waals surface area contributed by atoms with Gasteiger partial charge in [-0.15, -0.1) is 0 Å². The van der Waals surface area contributed by atoms with Crippen LogP contribution in [0.3, 0.4) is 0 Å². The second kappa shape index (κ2) is 4.61. The van der Waals surface area contributed by atoms with E-state index in [1.54, 1.807) is 0 Å². The van der Waals surface area contributed by atoms with Crippen LogP contribution < -0.4 is 0 Å². The predicted octanol–water partition coefficient (Wildman–Crippen LogP) is 3.99. The summed E-state index contributed by atoms with van der Waals surface area (Å²) in [5.74, 6) is 0.538. The standard InChI is InChI=1S/C15H16OS/c17-15-13(10-11-6-2-1-3-7-11)12-8-4-5-9-14(12)16-15/h1-3,6-7,10,12,14H,4-5,8-9H2/b13-10-/t12-,14+/m0/s1. The van der Waals surface area contributed by atoms with Gasteiger partial charge in [0.15, 0.2) is 5.05 Å². The molecule has 2 fully saturated rings. The molecule has 0 spiro atoms. The van der Waals surface area contributed by atoms with E-state index < -0.39 is 0 Å². The molecule has 17 heavy (non-hydrogen) atoms. The molecule has 0 aromatic heterocycles. The summed E-state index contributed by atoms with van der Waals surface area (Å²) < 4.78 is 5.81. The zero-order chi connectivity index (χ0) is 11.7. The summed E-state index contributed by atoms with van der Waals surface area (Å²) in [6, 6.07) is 10.4. The summed E-state index contributed by atoms with van der Waals surface area (Å²) in [4.78, 5) is 0. The molecule has 1 saturated heterocycles.